The highest BCUT2D eigenvalue weighted by Crippen LogP contribution is 2.12. The molecule has 21 heavy (non-hydrogen) atoms. The monoisotopic (exact) mass is 305 g/mol. The minimum absolute atomic E-state index is 0.0853. The SMILES string of the molecule is Cn1ccnc1SCCNC(=O)COCc1ccccc1. The van der Waals surface area contributed by atoms with Crippen molar-refractivity contribution < 1.29 is 9.53 Å². The molecule has 1 aromatic heterocycles. The highest BCUT2D eigenvalue weighted by atomic mass is 32.2. The summed E-state index contributed by atoms with van der Waals surface area (Å²) in [5.41, 5.74) is 1.07. The molecule has 0 aliphatic carbocycles. The lowest BCUT2D eigenvalue weighted by atomic mass is 10.2. The minimum atomic E-state index is -0.0913. The first-order valence-electron chi connectivity index (χ1n) is 6.74. The maximum Gasteiger partial charge on any atom is 0.246 e. The topological polar surface area (TPSA) is 56.2 Å². The number of hydrogen-bond donors (Lipinski definition) is 1. The van der Waals surface area contributed by atoms with Gasteiger partial charge in [-0.25, -0.2) is 4.98 Å². The molecular weight excluding hydrogens is 286 g/mol. The summed E-state index contributed by atoms with van der Waals surface area (Å²) in [4.78, 5) is 15.8. The summed E-state index contributed by atoms with van der Waals surface area (Å²) in [6.07, 6.45) is 3.66. The predicted molar refractivity (Wildman–Crippen MR) is 83.0 cm³/mol. The van der Waals surface area contributed by atoms with Crippen LogP contribution in [0.2, 0.25) is 0 Å². The maximum atomic E-state index is 11.6. The summed E-state index contributed by atoms with van der Waals surface area (Å²) in [6, 6.07) is 9.81. The lowest BCUT2D eigenvalue weighted by molar-refractivity contribution is -0.125. The van der Waals surface area contributed by atoms with Crippen LogP contribution in [0.1, 0.15) is 5.56 Å². The maximum absolute atomic E-state index is 11.6. The quantitative estimate of drug-likeness (QED) is 0.597. The van der Waals surface area contributed by atoms with Gasteiger partial charge in [-0.05, 0) is 5.56 Å². The Morgan fingerprint density at radius 3 is 2.90 bits per heavy atom. The summed E-state index contributed by atoms with van der Waals surface area (Å²) < 4.78 is 7.32. The number of carbonyl (C=O) groups is 1. The van der Waals surface area contributed by atoms with Crippen molar-refractivity contribution in [2.75, 3.05) is 18.9 Å². The highest BCUT2D eigenvalue weighted by molar-refractivity contribution is 7.99. The van der Waals surface area contributed by atoms with Crippen molar-refractivity contribution in [1.29, 1.82) is 0 Å². The number of nitrogens with one attached hydrogen (secondary N) is 1. The molecule has 1 amide bonds. The molecular formula is C15H19N3O2S. The molecule has 0 atom stereocenters. The van der Waals surface area contributed by atoms with E-state index < -0.39 is 0 Å². The van der Waals surface area contributed by atoms with Crippen LogP contribution in [0.5, 0.6) is 0 Å². The molecule has 6 heteroatoms. The van der Waals surface area contributed by atoms with Crippen molar-refractivity contribution in [2.24, 2.45) is 7.05 Å². The summed E-state index contributed by atoms with van der Waals surface area (Å²) in [5.74, 6) is 0.696. The normalized spacial score (nSPS) is 10.5. The number of carbonyl (C=O) groups excluding carboxylic acids is 1. The van der Waals surface area contributed by atoms with E-state index in [1.165, 1.54) is 0 Å². The van der Waals surface area contributed by atoms with Crippen molar-refractivity contribution in [3.8, 4) is 0 Å². The zero-order chi connectivity index (χ0) is 14.9. The molecule has 112 valence electrons. The molecule has 2 aromatic rings. The third-order valence-electron chi connectivity index (χ3n) is 2.78. The zero-order valence-electron chi connectivity index (χ0n) is 12.0. The fourth-order valence-corrected chi connectivity index (χ4v) is 2.50. The van der Waals surface area contributed by atoms with Gasteiger partial charge in [-0.2, -0.15) is 0 Å². The van der Waals surface area contributed by atoms with Crippen molar-refractivity contribution in [2.45, 2.75) is 11.8 Å². The Labute approximate surface area is 128 Å². The molecule has 0 fully saturated rings. The Kier molecular flexibility index (Phi) is 6.30. The van der Waals surface area contributed by atoms with Crippen LogP contribution in [0, 0.1) is 0 Å². The number of hydrogen-bond acceptors (Lipinski definition) is 4. The van der Waals surface area contributed by atoms with Gasteiger partial charge in [0, 0.05) is 31.7 Å². The molecule has 0 unspecified atom stereocenters. The van der Waals surface area contributed by atoms with Crippen LogP contribution in [0.25, 0.3) is 0 Å². The third-order valence-corrected chi connectivity index (χ3v) is 3.84. The van der Waals surface area contributed by atoms with Crippen molar-refractivity contribution >= 4 is 17.7 Å². The summed E-state index contributed by atoms with van der Waals surface area (Å²) >= 11 is 1.61. The molecule has 0 aliphatic rings. The average molecular weight is 305 g/mol. The standard InChI is InChI=1S/C15H19N3O2S/c1-18-9-7-17-15(18)21-10-8-16-14(19)12-20-11-13-5-3-2-4-6-13/h2-7,9H,8,10-12H2,1H3,(H,16,19). The Morgan fingerprint density at radius 1 is 1.38 bits per heavy atom. The highest BCUT2D eigenvalue weighted by Gasteiger charge is 2.03. The van der Waals surface area contributed by atoms with Crippen LogP contribution in [0.15, 0.2) is 47.9 Å². The molecule has 1 heterocycles. The van der Waals surface area contributed by atoms with Crippen LogP contribution in [0.3, 0.4) is 0 Å². The van der Waals surface area contributed by atoms with Gasteiger partial charge in [0.15, 0.2) is 5.16 Å². The molecule has 1 aromatic carbocycles. The van der Waals surface area contributed by atoms with Gasteiger partial charge >= 0.3 is 0 Å². The first-order chi connectivity index (χ1) is 10.3. The number of nitrogens with zero attached hydrogens (tertiary/aromatic N) is 2. The van der Waals surface area contributed by atoms with Gasteiger partial charge in [-0.1, -0.05) is 42.1 Å². The molecule has 0 bridgehead atoms. The van der Waals surface area contributed by atoms with E-state index in [0.29, 0.717) is 13.2 Å². The van der Waals surface area contributed by atoms with E-state index in [1.54, 1.807) is 18.0 Å². The van der Waals surface area contributed by atoms with Gasteiger partial charge < -0.3 is 14.6 Å². The van der Waals surface area contributed by atoms with E-state index in [9.17, 15) is 4.79 Å². The number of ether oxygens (including phenoxy) is 1. The third kappa shape index (κ3) is 5.61. The lowest BCUT2D eigenvalue weighted by Gasteiger charge is -2.06. The van der Waals surface area contributed by atoms with Crippen LogP contribution < -0.4 is 5.32 Å². The number of aryl methyl sites for hydroxylation is 1. The summed E-state index contributed by atoms with van der Waals surface area (Å²) in [7, 11) is 1.95. The van der Waals surface area contributed by atoms with Gasteiger partial charge in [0.2, 0.25) is 5.91 Å². The van der Waals surface area contributed by atoms with E-state index in [0.717, 1.165) is 16.5 Å². The molecule has 0 spiro atoms. The summed E-state index contributed by atoms with van der Waals surface area (Å²) in [5, 5.41) is 3.78. The Morgan fingerprint density at radius 2 is 2.19 bits per heavy atom. The molecule has 0 saturated carbocycles. The first kappa shape index (κ1) is 15.6. The van der Waals surface area contributed by atoms with E-state index >= 15 is 0 Å². The number of benzene rings is 1. The second-order valence-corrected chi connectivity index (χ2v) is 5.56. The average Bonchev–Trinajstić information content (AvgIpc) is 2.90. The number of rotatable bonds is 8. The van der Waals surface area contributed by atoms with Crippen LogP contribution in [-0.2, 0) is 23.2 Å². The Balaban J connectivity index is 1.55. The molecule has 0 radical (unpaired) electrons. The smallest absolute Gasteiger partial charge is 0.246 e. The fraction of sp³-hybridized carbons (Fsp3) is 0.333. The van der Waals surface area contributed by atoms with Crippen molar-refractivity contribution in [1.82, 2.24) is 14.9 Å². The van der Waals surface area contributed by atoms with Crippen LogP contribution >= 0.6 is 11.8 Å². The van der Waals surface area contributed by atoms with Gasteiger partial charge in [0.05, 0.1) is 6.61 Å². The first-order valence-corrected chi connectivity index (χ1v) is 7.73. The second-order valence-electron chi connectivity index (χ2n) is 4.50. The number of imidazole rings is 1. The molecule has 5 nitrogen and oxygen atoms in total. The Bertz CT molecular complexity index is 557. The van der Waals surface area contributed by atoms with Gasteiger partial charge in [0.1, 0.15) is 6.61 Å². The van der Waals surface area contributed by atoms with Gasteiger partial charge in [-0.3, -0.25) is 4.79 Å². The molecule has 1 N–H and O–H groups in total. The Hall–Kier alpha value is -1.79. The van der Waals surface area contributed by atoms with Crippen molar-refractivity contribution in [3.63, 3.8) is 0 Å². The number of amides is 1. The molecule has 0 aliphatic heterocycles. The van der Waals surface area contributed by atoms with Gasteiger partial charge in [-0.15, -0.1) is 0 Å². The fourth-order valence-electron chi connectivity index (χ4n) is 1.71. The summed E-state index contributed by atoms with van der Waals surface area (Å²) in [6.45, 7) is 1.14. The minimum Gasteiger partial charge on any atom is -0.367 e. The largest absolute Gasteiger partial charge is 0.367 e. The second kappa shape index (κ2) is 8.49. The van der Waals surface area contributed by atoms with Crippen molar-refractivity contribution in [3.05, 3.63) is 48.3 Å². The van der Waals surface area contributed by atoms with E-state index in [2.05, 4.69) is 10.3 Å². The van der Waals surface area contributed by atoms with Crippen LogP contribution in [-0.4, -0.2) is 34.4 Å². The molecule has 2 rings (SSSR count). The van der Waals surface area contributed by atoms with Crippen LogP contribution in [0.4, 0.5) is 0 Å². The van der Waals surface area contributed by atoms with E-state index in [-0.39, 0.29) is 12.5 Å². The zero-order valence-corrected chi connectivity index (χ0v) is 12.8. The number of thioether (sulfide) groups is 1. The van der Waals surface area contributed by atoms with Gasteiger partial charge in [0.25, 0.3) is 0 Å². The predicted octanol–water partition coefficient (Wildman–Crippen LogP) is 1.85. The molecule has 0 saturated heterocycles. The van der Waals surface area contributed by atoms with E-state index in [1.807, 2.05) is 48.1 Å². The number of aromatic nitrogens is 2. The lowest BCUT2D eigenvalue weighted by Crippen LogP contribution is -2.29. The van der Waals surface area contributed by atoms with E-state index in [4.69, 9.17) is 4.74 Å².